The van der Waals surface area contributed by atoms with Gasteiger partial charge in [-0.2, -0.15) is 0 Å². The maximum atomic E-state index is 13.7. The number of carbonyl (C=O) groups excluding carboxylic acids is 2. The molecule has 2 amide bonds. The molecule has 466 valence electrons. The van der Waals surface area contributed by atoms with E-state index in [2.05, 4.69) is 211 Å². The maximum Gasteiger partial charge on any atom is 0.253 e. The molecule has 10 nitrogen and oxygen atoms in total. The molecule has 0 spiro atoms. The molecule has 13 heteroatoms. The van der Waals surface area contributed by atoms with Gasteiger partial charge in [0.05, 0.1) is 8.52 Å². The molecule has 6 aromatic carbocycles. The van der Waals surface area contributed by atoms with Crippen molar-refractivity contribution in [3.05, 3.63) is 158 Å². The van der Waals surface area contributed by atoms with Crippen LogP contribution in [-0.2, 0) is 16.2 Å². The molecule has 0 bridgehead atoms. The van der Waals surface area contributed by atoms with E-state index in [1.54, 1.807) is 0 Å². The van der Waals surface area contributed by atoms with Crippen LogP contribution in [0.2, 0.25) is 0 Å². The minimum atomic E-state index is -1.00. The summed E-state index contributed by atoms with van der Waals surface area (Å²) in [6.45, 7) is 24.8. The molecule has 5 aliphatic rings. The minimum absolute atomic E-state index is 0.0737. The zero-order valence-corrected chi connectivity index (χ0v) is 58.4. The summed E-state index contributed by atoms with van der Waals surface area (Å²) in [5.74, 6) is 0.439. The number of amides is 2. The second kappa shape index (κ2) is 28.6. The first kappa shape index (κ1) is 65.3. The number of nitrogens with zero attached hydrogens (tertiary/aromatic N) is 7. The Balaban J connectivity index is 0.000000159. The molecule has 5 aliphatic heterocycles. The molecule has 0 atom stereocenters. The van der Waals surface area contributed by atoms with Gasteiger partial charge in [0.2, 0.25) is 0 Å². The quantitative estimate of drug-likeness (QED) is 0.120. The average Bonchev–Trinajstić information content (AvgIpc) is 0.805. The monoisotopic (exact) mass is 1310 g/mol. The van der Waals surface area contributed by atoms with Gasteiger partial charge in [-0.1, -0.05) is 49.2 Å². The normalized spacial score (nSPS) is 17.2. The van der Waals surface area contributed by atoms with Crippen molar-refractivity contribution < 1.29 is 15.4 Å². The number of carbonyl (C=O) groups is 2. The van der Waals surface area contributed by atoms with Gasteiger partial charge in [-0.05, 0) is 68.7 Å². The van der Waals surface area contributed by atoms with Crippen molar-refractivity contribution in [2.45, 2.75) is 129 Å². The molecule has 12 rings (SSSR count). The summed E-state index contributed by atoms with van der Waals surface area (Å²) < 4.78 is 20.4. The zero-order chi connectivity index (χ0) is 63.8. The van der Waals surface area contributed by atoms with Gasteiger partial charge < -0.3 is 9.80 Å². The standard InChI is InChI=1S/C26H35N3OSe.C21H24N2OSe.C18H26N2O.C8H10.CH3F/c1-26(2)12-15-28(5)23-18-24(31-20-11-9-10-19(16-20)27(3)4)21(17-22(23)26)25(30)29-13-7-6-8-14-29;1-21(2)8-9-23(5)17-12-19-15(11-16(17)21)20(24)14-7-6-13(22(3)4)10-18(14)25-19;1-18(2)9-12-19(3)16-8-7-14(13-15(16)18)17(21)20-10-5-4-6-11-20;1-7-4-3-5-8(2)6-7;1-2/h9-11,16-18H,6-8,12-15H2,1-5H3;6-7,10-12H,8-9H2,1-5H3;7-8,13H,4-6,9-12H2,1-3H3;3-6H,1-2H3;1H3/i;;;;1D. The fourth-order valence-electron chi connectivity index (χ4n) is 12.6. The Morgan fingerprint density at radius 3 is 1.55 bits per heavy atom. The van der Waals surface area contributed by atoms with Gasteiger partial charge in [0, 0.05) is 37.9 Å². The largest absolute Gasteiger partial charge is 0.374 e. The summed E-state index contributed by atoms with van der Waals surface area (Å²) in [7, 11) is 13.7. The van der Waals surface area contributed by atoms with Gasteiger partial charge in [-0.25, -0.2) is 0 Å². The predicted octanol–water partition coefficient (Wildman–Crippen LogP) is 13.1. The Morgan fingerprint density at radius 1 is 0.529 bits per heavy atom. The minimum Gasteiger partial charge on any atom is -0.374 e. The number of hydrogen-bond donors (Lipinski definition) is 0. The van der Waals surface area contributed by atoms with Crippen LogP contribution in [0.4, 0.5) is 32.8 Å². The van der Waals surface area contributed by atoms with Gasteiger partial charge >= 0.3 is 348 Å². The zero-order valence-electron chi connectivity index (χ0n) is 56.0. The number of anilines is 5. The summed E-state index contributed by atoms with van der Waals surface area (Å²) in [4.78, 5) is 54.9. The third kappa shape index (κ3) is 15.7. The average molecular weight is 1310 g/mol. The Bertz CT molecular complexity index is 3630. The molecule has 2 saturated heterocycles. The van der Waals surface area contributed by atoms with E-state index in [9.17, 15) is 18.8 Å². The Morgan fingerprint density at radius 2 is 1.01 bits per heavy atom. The second-order valence-corrected chi connectivity index (χ2v) is 31.6. The van der Waals surface area contributed by atoms with Crippen LogP contribution in [-0.4, -0.2) is 153 Å². The number of benzene rings is 6. The fourth-order valence-corrected chi connectivity index (χ4v) is 17.1. The molecule has 0 unspecified atom stereocenters. The first-order valence-electron chi connectivity index (χ1n) is 32.1. The molecule has 6 heterocycles. The van der Waals surface area contributed by atoms with Crippen LogP contribution in [0.3, 0.4) is 0 Å². The summed E-state index contributed by atoms with van der Waals surface area (Å²) in [6.07, 6.45) is 10.4. The van der Waals surface area contributed by atoms with E-state index in [1.165, 1.54) is 80.9 Å². The maximum absolute atomic E-state index is 13.7. The molecule has 0 saturated carbocycles. The summed E-state index contributed by atoms with van der Waals surface area (Å²) in [5, 5.41) is 1.81. The van der Waals surface area contributed by atoms with Crippen LogP contribution >= 0.6 is 0 Å². The smallest absolute Gasteiger partial charge is 0.253 e. The summed E-state index contributed by atoms with van der Waals surface area (Å²) in [5.41, 5.74) is 15.2. The number of likely N-dealkylation sites (tertiary alicyclic amines) is 2. The van der Waals surface area contributed by atoms with Crippen molar-refractivity contribution in [3.63, 3.8) is 0 Å². The third-order valence-electron chi connectivity index (χ3n) is 18.5. The van der Waals surface area contributed by atoms with Crippen LogP contribution in [0.25, 0.3) is 19.3 Å². The van der Waals surface area contributed by atoms with Gasteiger partial charge in [-0.15, -0.1) is 0 Å². The van der Waals surface area contributed by atoms with Crippen LogP contribution in [0.1, 0.15) is 149 Å². The molecule has 0 aliphatic carbocycles. The van der Waals surface area contributed by atoms with Crippen molar-refractivity contribution in [1.29, 1.82) is 0 Å². The van der Waals surface area contributed by atoms with Crippen LogP contribution in [0.5, 0.6) is 0 Å². The van der Waals surface area contributed by atoms with Crippen molar-refractivity contribution >= 4 is 97.9 Å². The van der Waals surface area contributed by atoms with E-state index in [0.717, 1.165) is 118 Å². The number of fused-ring (bicyclic) bond motifs is 5. The SMILES string of the molecule is CN(C)c1ccc2c(=O)c3cc4c(cc3[se]c2c1)N(C)CCC4(C)C.CN(C)c1cccc([Se]c2cc3c(cc2C(=O)N2CCCCC2)C(C)(C)CCN3C)c1.CN1CCC(C)(C)c2cc(C(=O)N3CCCCC3)ccc21.Cc1cccc(C)c1.[2H]CF. The number of hydrogen-bond acceptors (Lipinski definition) is 8. The molecular weight excluding hydrogens is 1210 g/mol. The van der Waals surface area contributed by atoms with E-state index < -0.39 is 7.15 Å². The molecular formula is C74H98FN7O3Se2. The number of piperidine rings is 2. The Kier molecular flexibility index (Phi) is 21.5. The molecule has 87 heavy (non-hydrogen) atoms. The summed E-state index contributed by atoms with van der Waals surface area (Å²) in [6, 6.07) is 38.8. The molecule has 2 fully saturated rings. The molecule has 1 aromatic heterocycles. The van der Waals surface area contributed by atoms with Gasteiger partial charge in [0.25, 0.3) is 5.91 Å². The predicted molar refractivity (Wildman–Crippen MR) is 373 cm³/mol. The van der Waals surface area contributed by atoms with Gasteiger partial charge in [-0.3, -0.25) is 9.18 Å². The Labute approximate surface area is 534 Å². The Hall–Kier alpha value is -6.10. The van der Waals surface area contributed by atoms with Crippen LogP contribution < -0.4 is 38.9 Å². The van der Waals surface area contributed by atoms with Gasteiger partial charge in [0.15, 0.2) is 0 Å². The number of rotatable bonds is 6. The van der Waals surface area contributed by atoms with E-state index in [1.807, 2.05) is 37.2 Å². The number of alkyl halides is 1. The topological polar surface area (TPSA) is 73.9 Å². The number of aryl methyl sites for hydroxylation is 2. The van der Waals surface area contributed by atoms with E-state index >= 15 is 0 Å². The third-order valence-corrected chi connectivity index (χ3v) is 23.1. The van der Waals surface area contributed by atoms with Crippen LogP contribution in [0.15, 0.2) is 114 Å². The molecule has 0 N–H and O–H groups in total. The first-order chi connectivity index (χ1) is 41.7. The van der Waals surface area contributed by atoms with Gasteiger partial charge in [0.1, 0.15) is 0 Å². The first-order valence-corrected chi connectivity index (χ1v) is 34.8. The van der Waals surface area contributed by atoms with Crippen molar-refractivity contribution in [2.24, 2.45) is 0 Å². The van der Waals surface area contributed by atoms with Crippen molar-refractivity contribution in [1.82, 2.24) is 9.80 Å². The number of halogens is 1. The molecule has 0 radical (unpaired) electrons. The van der Waals surface area contributed by atoms with E-state index in [-0.39, 0.29) is 62.9 Å². The van der Waals surface area contributed by atoms with E-state index in [0.29, 0.717) is 0 Å². The van der Waals surface area contributed by atoms with Crippen LogP contribution in [0, 0.1) is 13.8 Å². The van der Waals surface area contributed by atoms with Crippen molar-refractivity contribution in [3.8, 4) is 0 Å². The van der Waals surface area contributed by atoms with Crippen molar-refractivity contribution in [2.75, 3.05) is 127 Å². The molecule has 7 aromatic rings. The fraction of sp³-hybridized carbons (Fsp3) is 0.473. The summed E-state index contributed by atoms with van der Waals surface area (Å²) >= 11 is 0.242. The van der Waals surface area contributed by atoms with E-state index in [4.69, 9.17) is 1.37 Å². The second-order valence-electron chi connectivity index (χ2n) is 27.0.